The van der Waals surface area contributed by atoms with Crippen molar-refractivity contribution in [2.45, 2.75) is 6.04 Å². The molecule has 2 aromatic rings. The van der Waals surface area contributed by atoms with Gasteiger partial charge in [0.15, 0.2) is 5.69 Å². The van der Waals surface area contributed by atoms with Crippen LogP contribution in [0.15, 0.2) is 12.5 Å². The van der Waals surface area contributed by atoms with Crippen molar-refractivity contribution in [1.29, 1.82) is 0 Å². The van der Waals surface area contributed by atoms with Gasteiger partial charge in [-0.25, -0.2) is 14.5 Å². The molecule has 9 heteroatoms. The van der Waals surface area contributed by atoms with E-state index < -0.39 is 5.97 Å². The van der Waals surface area contributed by atoms with Crippen molar-refractivity contribution in [3.05, 3.63) is 18.2 Å². The van der Waals surface area contributed by atoms with E-state index in [0.29, 0.717) is 0 Å². The smallest absolute Gasteiger partial charge is 0.358 e. The number of aromatic carboxylic acids is 1. The van der Waals surface area contributed by atoms with E-state index in [1.165, 1.54) is 24.1 Å². The Bertz CT molecular complexity index is 532. The lowest BCUT2D eigenvalue weighted by Gasteiger charge is -2.38. The Labute approximate surface area is 99.7 Å². The highest BCUT2D eigenvalue weighted by molar-refractivity contribution is 7.09. The Morgan fingerprint density at radius 2 is 2.35 bits per heavy atom. The number of nitrogens with zero attached hydrogens (tertiary/aromatic N) is 6. The molecular formula is C8H8N6O2S. The van der Waals surface area contributed by atoms with Crippen LogP contribution in [0, 0.1) is 0 Å². The van der Waals surface area contributed by atoms with Gasteiger partial charge >= 0.3 is 5.97 Å². The van der Waals surface area contributed by atoms with Crippen molar-refractivity contribution in [2.75, 3.05) is 18.0 Å². The van der Waals surface area contributed by atoms with Crippen molar-refractivity contribution in [1.82, 2.24) is 24.4 Å². The Hall–Kier alpha value is -2.03. The zero-order valence-corrected chi connectivity index (χ0v) is 9.41. The van der Waals surface area contributed by atoms with E-state index in [9.17, 15) is 4.79 Å². The Balaban J connectivity index is 1.67. The van der Waals surface area contributed by atoms with E-state index in [1.54, 1.807) is 4.68 Å². The first kappa shape index (κ1) is 10.1. The maximum absolute atomic E-state index is 10.7. The van der Waals surface area contributed by atoms with Gasteiger partial charge in [0.2, 0.25) is 5.13 Å². The molecule has 0 saturated carbocycles. The highest BCUT2D eigenvalue weighted by Crippen LogP contribution is 2.27. The van der Waals surface area contributed by atoms with Gasteiger partial charge in [-0.2, -0.15) is 4.37 Å². The summed E-state index contributed by atoms with van der Waals surface area (Å²) in [6.07, 6.45) is 2.97. The summed E-state index contributed by atoms with van der Waals surface area (Å²) in [5.74, 6) is -1.06. The van der Waals surface area contributed by atoms with Crippen molar-refractivity contribution in [3.63, 3.8) is 0 Å². The largest absolute Gasteiger partial charge is 0.476 e. The van der Waals surface area contributed by atoms with Gasteiger partial charge in [-0.15, -0.1) is 5.10 Å². The molecule has 1 aliphatic heterocycles. The monoisotopic (exact) mass is 252 g/mol. The Morgan fingerprint density at radius 1 is 1.53 bits per heavy atom. The van der Waals surface area contributed by atoms with Crippen molar-refractivity contribution in [2.24, 2.45) is 0 Å². The minimum atomic E-state index is -1.06. The Kier molecular flexibility index (Phi) is 2.25. The normalized spacial score (nSPS) is 15.9. The third-order valence-electron chi connectivity index (χ3n) is 2.59. The average Bonchev–Trinajstić information content (AvgIpc) is 2.84. The van der Waals surface area contributed by atoms with Gasteiger partial charge in [0, 0.05) is 24.6 Å². The zero-order valence-electron chi connectivity index (χ0n) is 8.59. The lowest BCUT2D eigenvalue weighted by molar-refractivity contribution is 0.0690. The number of aromatic nitrogens is 5. The van der Waals surface area contributed by atoms with Crippen LogP contribution in [0.1, 0.15) is 16.5 Å². The second-order valence-corrected chi connectivity index (χ2v) is 4.43. The second-order valence-electron chi connectivity index (χ2n) is 3.67. The predicted molar refractivity (Wildman–Crippen MR) is 58.1 cm³/mol. The Morgan fingerprint density at radius 3 is 2.94 bits per heavy atom. The minimum Gasteiger partial charge on any atom is -0.476 e. The summed E-state index contributed by atoms with van der Waals surface area (Å²) in [6, 6.07) is 0.152. The number of carboxylic acids is 1. The number of hydrogen-bond donors (Lipinski definition) is 1. The van der Waals surface area contributed by atoms with Gasteiger partial charge in [-0.3, -0.25) is 0 Å². The molecule has 1 fully saturated rings. The SMILES string of the molecule is O=C(O)c1cn(C2CN(c3ncns3)C2)nn1. The molecule has 17 heavy (non-hydrogen) atoms. The fraction of sp³-hybridized carbons (Fsp3) is 0.375. The molecule has 1 saturated heterocycles. The van der Waals surface area contributed by atoms with E-state index in [4.69, 9.17) is 5.11 Å². The van der Waals surface area contributed by atoms with Crippen LogP contribution in [0.5, 0.6) is 0 Å². The van der Waals surface area contributed by atoms with Crippen molar-refractivity contribution >= 4 is 22.6 Å². The molecule has 0 radical (unpaired) electrons. The minimum absolute atomic E-state index is 0.0284. The summed E-state index contributed by atoms with van der Waals surface area (Å²) < 4.78 is 5.51. The van der Waals surface area contributed by atoms with E-state index >= 15 is 0 Å². The summed E-state index contributed by atoms with van der Waals surface area (Å²) in [6.45, 7) is 1.50. The van der Waals surface area contributed by atoms with Gasteiger partial charge in [-0.05, 0) is 0 Å². The first-order valence-corrected chi connectivity index (χ1v) is 5.68. The molecule has 3 heterocycles. The molecular weight excluding hydrogens is 244 g/mol. The van der Waals surface area contributed by atoms with Crippen LogP contribution in [0.4, 0.5) is 5.13 Å². The fourth-order valence-corrected chi connectivity index (χ4v) is 2.19. The van der Waals surface area contributed by atoms with Crippen LogP contribution in [0.2, 0.25) is 0 Å². The summed E-state index contributed by atoms with van der Waals surface area (Å²) in [5, 5.41) is 17.0. The average molecular weight is 252 g/mol. The number of carbonyl (C=O) groups is 1. The molecule has 8 nitrogen and oxygen atoms in total. The van der Waals surface area contributed by atoms with Gasteiger partial charge in [0.1, 0.15) is 6.33 Å². The lowest BCUT2D eigenvalue weighted by atomic mass is 10.1. The number of hydrogen-bond acceptors (Lipinski definition) is 7. The maximum Gasteiger partial charge on any atom is 0.358 e. The number of carboxylic acid groups (broad SMARTS) is 1. The summed E-state index contributed by atoms with van der Waals surface area (Å²) in [5.41, 5.74) is -0.0284. The molecule has 2 aromatic heterocycles. The van der Waals surface area contributed by atoms with E-state index in [0.717, 1.165) is 18.2 Å². The standard InChI is InChI=1S/C8H8N6O2S/c15-7(16)6-3-14(12-11-6)5-1-13(2-5)8-9-4-10-17-8/h3-5H,1-2H2,(H,15,16). The fourth-order valence-electron chi connectivity index (χ4n) is 1.64. The van der Waals surface area contributed by atoms with Crippen LogP contribution >= 0.6 is 11.5 Å². The molecule has 1 aliphatic rings. The summed E-state index contributed by atoms with van der Waals surface area (Å²) >= 11 is 1.34. The quantitative estimate of drug-likeness (QED) is 0.813. The number of rotatable bonds is 3. The second kappa shape index (κ2) is 3.77. The van der Waals surface area contributed by atoms with Gasteiger partial charge in [-0.1, -0.05) is 5.21 Å². The molecule has 1 N–H and O–H groups in total. The highest BCUT2D eigenvalue weighted by Gasteiger charge is 2.31. The predicted octanol–water partition coefficient (Wildman–Crippen LogP) is -0.111. The van der Waals surface area contributed by atoms with Crippen LogP contribution in [-0.2, 0) is 0 Å². The van der Waals surface area contributed by atoms with E-state index in [1.807, 2.05) is 0 Å². The topological polar surface area (TPSA) is 97.0 Å². The highest BCUT2D eigenvalue weighted by atomic mass is 32.1. The third kappa shape index (κ3) is 1.73. The van der Waals surface area contributed by atoms with Gasteiger partial charge in [0.05, 0.1) is 12.2 Å². The van der Waals surface area contributed by atoms with E-state index in [2.05, 4.69) is 24.6 Å². The summed E-state index contributed by atoms with van der Waals surface area (Å²) in [4.78, 5) is 16.8. The summed E-state index contributed by atoms with van der Waals surface area (Å²) in [7, 11) is 0. The van der Waals surface area contributed by atoms with Crippen LogP contribution in [0.25, 0.3) is 0 Å². The zero-order chi connectivity index (χ0) is 11.8. The first-order valence-electron chi connectivity index (χ1n) is 4.91. The molecule has 0 atom stereocenters. The van der Waals surface area contributed by atoms with E-state index in [-0.39, 0.29) is 11.7 Å². The lowest BCUT2D eigenvalue weighted by Crippen LogP contribution is -2.48. The van der Waals surface area contributed by atoms with Gasteiger partial charge < -0.3 is 10.0 Å². The van der Waals surface area contributed by atoms with Crippen molar-refractivity contribution < 1.29 is 9.90 Å². The third-order valence-corrected chi connectivity index (χ3v) is 3.31. The molecule has 0 spiro atoms. The van der Waals surface area contributed by atoms with Crippen molar-refractivity contribution in [3.8, 4) is 0 Å². The van der Waals surface area contributed by atoms with Crippen LogP contribution in [0.3, 0.4) is 0 Å². The molecule has 0 aromatic carbocycles. The molecule has 88 valence electrons. The molecule has 3 rings (SSSR count). The number of anilines is 1. The molecule has 0 unspecified atom stereocenters. The molecule has 0 amide bonds. The first-order chi connectivity index (χ1) is 8.24. The molecule has 0 aliphatic carbocycles. The maximum atomic E-state index is 10.7. The van der Waals surface area contributed by atoms with Crippen LogP contribution in [-0.4, -0.2) is 48.5 Å². The molecule has 0 bridgehead atoms. The van der Waals surface area contributed by atoms with Crippen LogP contribution < -0.4 is 4.90 Å². The van der Waals surface area contributed by atoms with Gasteiger partial charge in [0.25, 0.3) is 0 Å².